The highest BCUT2D eigenvalue weighted by Crippen LogP contribution is 2.05. The number of hydrogen-bond acceptors (Lipinski definition) is 1. The van der Waals surface area contributed by atoms with Crippen molar-refractivity contribution >= 4 is 28.6 Å². The third-order valence-electron chi connectivity index (χ3n) is 1.63. The second-order valence-electron chi connectivity index (χ2n) is 2.81. The second-order valence-corrected chi connectivity index (χ2v) is 3.89. The smallest absolute Gasteiger partial charge is 0.381 e. The molecule has 0 aliphatic heterocycles. The van der Waals surface area contributed by atoms with Crippen LogP contribution in [0.4, 0.5) is 0 Å². The summed E-state index contributed by atoms with van der Waals surface area (Å²) in [5.74, 6) is 3.71. The molecule has 0 aliphatic rings. The summed E-state index contributed by atoms with van der Waals surface area (Å²) >= 11 is 2.38. The maximum Gasteiger partial charge on any atom is 0.381 e. The van der Waals surface area contributed by atoms with Crippen LogP contribution < -0.4 is 0 Å². The average Bonchev–Trinajstić information content (AvgIpc) is 2.09. The summed E-state index contributed by atoms with van der Waals surface area (Å²) in [6, 6.07) is 0. The molecule has 0 saturated carbocycles. The van der Waals surface area contributed by atoms with E-state index in [2.05, 4.69) is 34.4 Å². The Morgan fingerprint density at radius 2 is 1.77 bits per heavy atom. The van der Waals surface area contributed by atoms with Gasteiger partial charge in [-0.3, -0.25) is 0 Å². The van der Waals surface area contributed by atoms with Crippen LogP contribution in [0.1, 0.15) is 38.5 Å². The summed E-state index contributed by atoms with van der Waals surface area (Å²) in [7, 11) is 0. The fraction of sp³-hybridized carbons (Fsp3) is 0.700. The van der Waals surface area contributed by atoms with Crippen molar-refractivity contribution < 1.29 is 9.90 Å². The predicted molar refractivity (Wildman–Crippen MR) is 62.0 cm³/mol. The molecule has 13 heavy (non-hydrogen) atoms. The number of carbonyl (C=O) groups is 1. The van der Waals surface area contributed by atoms with E-state index in [-0.39, 0.29) is 0 Å². The van der Waals surface area contributed by atoms with Crippen molar-refractivity contribution in [2.24, 2.45) is 0 Å². The van der Waals surface area contributed by atoms with Crippen molar-refractivity contribution in [2.75, 3.05) is 4.43 Å². The van der Waals surface area contributed by atoms with Gasteiger partial charge in [-0.25, -0.2) is 4.79 Å². The van der Waals surface area contributed by atoms with Gasteiger partial charge in [0.2, 0.25) is 0 Å². The molecule has 0 aromatic rings. The number of alkyl halides is 1. The van der Waals surface area contributed by atoms with E-state index in [4.69, 9.17) is 5.11 Å². The molecule has 0 radical (unpaired) electrons. The minimum Gasteiger partial charge on any atom is -0.472 e. The van der Waals surface area contributed by atoms with Gasteiger partial charge in [-0.15, -0.1) is 0 Å². The highest BCUT2D eigenvalue weighted by Gasteiger charge is 1.88. The van der Waals surface area contributed by atoms with Gasteiger partial charge in [0, 0.05) is 12.3 Å². The Kier molecular flexibility index (Phi) is 9.66. The molecule has 0 aliphatic carbocycles. The van der Waals surface area contributed by atoms with Gasteiger partial charge in [-0.05, 0) is 17.3 Å². The van der Waals surface area contributed by atoms with Crippen molar-refractivity contribution in [3.8, 4) is 11.8 Å². The number of carboxylic acids is 1. The maximum absolute atomic E-state index is 10.00. The predicted octanol–water partition coefficient (Wildman–Crippen LogP) is 2.85. The molecule has 0 atom stereocenters. The summed E-state index contributed by atoms with van der Waals surface area (Å²) in [5.41, 5.74) is 0. The zero-order valence-corrected chi connectivity index (χ0v) is 9.84. The Morgan fingerprint density at radius 3 is 2.38 bits per heavy atom. The normalized spacial score (nSPS) is 9.00. The first-order valence-electron chi connectivity index (χ1n) is 4.55. The Balaban J connectivity index is 3.09. The van der Waals surface area contributed by atoms with Gasteiger partial charge in [-0.2, -0.15) is 0 Å². The number of unbranched alkanes of at least 4 members (excludes halogenated alkanes) is 5. The van der Waals surface area contributed by atoms with Crippen LogP contribution in [0.3, 0.4) is 0 Å². The zero-order valence-electron chi connectivity index (χ0n) is 7.68. The van der Waals surface area contributed by atoms with Crippen LogP contribution in [0.25, 0.3) is 0 Å². The van der Waals surface area contributed by atoms with E-state index in [1.165, 1.54) is 30.1 Å². The molecular formula is C10H15IO2. The molecular weight excluding hydrogens is 279 g/mol. The molecule has 0 rings (SSSR count). The Morgan fingerprint density at radius 1 is 1.15 bits per heavy atom. The lowest BCUT2D eigenvalue weighted by molar-refractivity contribution is -0.130. The minimum absolute atomic E-state index is 0.719. The van der Waals surface area contributed by atoms with Gasteiger partial charge in [-0.1, -0.05) is 47.8 Å². The third-order valence-corrected chi connectivity index (χ3v) is 2.39. The van der Waals surface area contributed by atoms with Gasteiger partial charge < -0.3 is 5.11 Å². The molecule has 0 saturated heterocycles. The Bertz CT molecular complexity index is 191. The lowest BCUT2D eigenvalue weighted by Gasteiger charge is -1.95. The first-order valence-corrected chi connectivity index (χ1v) is 6.07. The molecule has 0 unspecified atom stereocenters. The molecule has 0 bridgehead atoms. The molecule has 0 spiro atoms. The number of rotatable bonds is 6. The summed E-state index contributed by atoms with van der Waals surface area (Å²) in [6.45, 7) is 0. The molecule has 0 aromatic carbocycles. The van der Waals surface area contributed by atoms with Crippen LogP contribution in [0.5, 0.6) is 0 Å². The highest BCUT2D eigenvalue weighted by atomic mass is 127. The fourth-order valence-electron chi connectivity index (χ4n) is 0.976. The van der Waals surface area contributed by atoms with Crippen LogP contribution in [0, 0.1) is 11.8 Å². The largest absolute Gasteiger partial charge is 0.472 e. The first kappa shape index (κ1) is 12.8. The van der Waals surface area contributed by atoms with Gasteiger partial charge in [0.05, 0.1) is 0 Å². The van der Waals surface area contributed by atoms with E-state index in [0.29, 0.717) is 0 Å². The lowest BCUT2D eigenvalue weighted by atomic mass is 10.1. The quantitative estimate of drug-likeness (QED) is 0.354. The third kappa shape index (κ3) is 11.8. The van der Waals surface area contributed by atoms with Crippen LogP contribution in [0.15, 0.2) is 0 Å². The first-order chi connectivity index (χ1) is 6.27. The van der Waals surface area contributed by atoms with E-state index in [1.807, 2.05) is 0 Å². The van der Waals surface area contributed by atoms with Crippen LogP contribution >= 0.6 is 22.6 Å². The van der Waals surface area contributed by atoms with E-state index < -0.39 is 5.97 Å². The monoisotopic (exact) mass is 294 g/mol. The molecule has 0 fully saturated rings. The van der Waals surface area contributed by atoms with E-state index in [1.54, 1.807) is 0 Å². The van der Waals surface area contributed by atoms with Gasteiger partial charge in [0.15, 0.2) is 0 Å². The molecule has 2 nitrogen and oxygen atoms in total. The molecule has 3 heteroatoms. The van der Waals surface area contributed by atoms with Gasteiger partial charge in [0.25, 0.3) is 0 Å². The summed E-state index contributed by atoms with van der Waals surface area (Å²) in [5, 5.41) is 8.21. The van der Waals surface area contributed by atoms with E-state index >= 15 is 0 Å². The summed E-state index contributed by atoms with van der Waals surface area (Å²) in [6.07, 6.45) is 6.75. The van der Waals surface area contributed by atoms with Crippen molar-refractivity contribution in [1.29, 1.82) is 0 Å². The SMILES string of the molecule is O=C(O)C#CCCCCCCCI. The highest BCUT2D eigenvalue weighted by molar-refractivity contribution is 14.1. The van der Waals surface area contributed by atoms with Gasteiger partial charge in [0.1, 0.15) is 0 Å². The molecule has 0 heterocycles. The Hall–Kier alpha value is -0.240. The standard InChI is InChI=1S/C10H15IO2/c11-9-7-5-3-1-2-4-6-8-10(12)13/h1-5,7,9H2,(H,12,13). The van der Waals surface area contributed by atoms with Crippen molar-refractivity contribution in [3.05, 3.63) is 0 Å². The number of halogens is 1. The van der Waals surface area contributed by atoms with Gasteiger partial charge >= 0.3 is 5.97 Å². The summed E-state index contributed by atoms with van der Waals surface area (Å²) < 4.78 is 1.23. The maximum atomic E-state index is 10.00. The van der Waals surface area contributed by atoms with Crippen LogP contribution in [-0.4, -0.2) is 15.5 Å². The fourth-order valence-corrected chi connectivity index (χ4v) is 1.52. The second kappa shape index (κ2) is 9.85. The molecule has 1 N–H and O–H groups in total. The van der Waals surface area contributed by atoms with Crippen LogP contribution in [-0.2, 0) is 4.79 Å². The van der Waals surface area contributed by atoms with Crippen molar-refractivity contribution in [3.63, 3.8) is 0 Å². The van der Waals surface area contributed by atoms with E-state index in [9.17, 15) is 4.79 Å². The Labute approximate surface area is 93.2 Å². The molecule has 74 valence electrons. The topological polar surface area (TPSA) is 37.3 Å². The minimum atomic E-state index is -1.02. The number of carboxylic acid groups (broad SMARTS) is 1. The average molecular weight is 294 g/mol. The number of hydrogen-bond donors (Lipinski definition) is 1. The lowest BCUT2D eigenvalue weighted by Crippen LogP contribution is -1.86. The van der Waals surface area contributed by atoms with Crippen molar-refractivity contribution in [1.82, 2.24) is 0 Å². The van der Waals surface area contributed by atoms with Crippen LogP contribution in [0.2, 0.25) is 0 Å². The summed E-state index contributed by atoms with van der Waals surface area (Å²) in [4.78, 5) is 10.00. The molecule has 0 amide bonds. The zero-order chi connectivity index (χ0) is 9.94. The molecule has 0 aromatic heterocycles. The number of aliphatic carboxylic acids is 1. The van der Waals surface area contributed by atoms with Crippen molar-refractivity contribution in [2.45, 2.75) is 38.5 Å². The van der Waals surface area contributed by atoms with E-state index in [0.717, 1.165) is 12.8 Å².